The third-order valence-electron chi connectivity index (χ3n) is 4.76. The van der Waals surface area contributed by atoms with E-state index in [9.17, 15) is 8.42 Å². The van der Waals surface area contributed by atoms with Crippen LogP contribution in [0, 0.1) is 0 Å². The Morgan fingerprint density at radius 1 is 0.538 bits per heavy atom. The molecule has 0 aliphatic carbocycles. The molecule has 0 fully saturated rings. The van der Waals surface area contributed by atoms with E-state index in [0.717, 1.165) is 32.1 Å². The number of rotatable bonds is 20. The van der Waals surface area contributed by atoms with Gasteiger partial charge in [-0.15, -0.1) is 0 Å². The normalized spacial score (nSPS) is 11.5. The van der Waals surface area contributed by atoms with Crippen LogP contribution in [0.25, 0.3) is 0 Å². The molecule has 154 valence electrons. The number of hydrogen-bond donors (Lipinski definition) is 0. The Kier molecular flexibility index (Phi) is 24.9. The van der Waals surface area contributed by atoms with Crippen molar-refractivity contribution < 1.29 is 12.6 Å². The van der Waals surface area contributed by atoms with Gasteiger partial charge >= 0.3 is 29.6 Å². The molecular weight excluding hydrogens is 355 g/mol. The fraction of sp³-hybridized carbons (Fsp3) is 1.00. The maximum absolute atomic E-state index is 11.6. The first kappa shape index (κ1) is 29.1. The second kappa shape index (κ2) is 22.2. The monoisotopic (exact) mass is 400 g/mol. The summed E-state index contributed by atoms with van der Waals surface area (Å²) in [5.41, 5.74) is 0. The number of unbranched alkanes of at least 4 members (excludes halogenated alkanes) is 15. The van der Waals surface area contributed by atoms with Crippen LogP contribution in [0.1, 0.15) is 123 Å². The minimum atomic E-state index is -3.27. The van der Waals surface area contributed by atoms with E-state index in [1.165, 1.54) is 77.0 Å². The molecule has 0 N–H and O–H groups in total. The second-order valence-corrected chi connectivity index (χ2v) is 9.15. The zero-order valence-corrected chi connectivity index (χ0v) is 17.9. The Bertz CT molecular complexity index is 358. The van der Waals surface area contributed by atoms with Crippen LogP contribution in [0.2, 0.25) is 0 Å². The van der Waals surface area contributed by atoms with Crippen molar-refractivity contribution in [2.45, 2.75) is 123 Å². The van der Waals surface area contributed by atoms with Crippen molar-refractivity contribution in [3.63, 3.8) is 0 Å². The van der Waals surface area contributed by atoms with Crippen LogP contribution in [0.3, 0.4) is 0 Å². The van der Waals surface area contributed by atoms with E-state index in [4.69, 9.17) is 4.18 Å². The fourth-order valence-corrected chi connectivity index (χ4v) is 4.12. The maximum atomic E-state index is 11.6. The molecule has 0 unspecified atom stereocenters. The average Bonchev–Trinajstić information content (AvgIpc) is 2.58. The van der Waals surface area contributed by atoms with Crippen molar-refractivity contribution in [1.82, 2.24) is 0 Å². The summed E-state index contributed by atoms with van der Waals surface area (Å²) in [4.78, 5) is 0. The van der Waals surface area contributed by atoms with E-state index in [0.29, 0.717) is 6.61 Å². The first-order chi connectivity index (χ1) is 12.1. The third-order valence-corrected chi connectivity index (χ3v) is 6.07. The van der Waals surface area contributed by atoms with Gasteiger partial charge in [-0.3, -0.25) is 4.18 Å². The average molecular weight is 401 g/mol. The predicted octanol–water partition coefficient (Wildman–Crippen LogP) is 6.36. The molecule has 0 rings (SSSR count). The Labute approximate surface area is 186 Å². The zero-order valence-electron chi connectivity index (χ0n) is 17.1. The van der Waals surface area contributed by atoms with E-state index in [1.54, 1.807) is 0 Å². The van der Waals surface area contributed by atoms with Crippen molar-refractivity contribution in [1.29, 1.82) is 0 Å². The van der Waals surface area contributed by atoms with Gasteiger partial charge in [0.25, 0.3) is 10.1 Å². The summed E-state index contributed by atoms with van der Waals surface area (Å²) in [6.45, 7) is 4.71. The first-order valence-electron chi connectivity index (χ1n) is 11.0. The van der Waals surface area contributed by atoms with Crippen LogP contribution in [0.15, 0.2) is 0 Å². The first-order valence-corrected chi connectivity index (χ1v) is 12.6. The van der Waals surface area contributed by atoms with E-state index in [-0.39, 0.29) is 35.3 Å². The van der Waals surface area contributed by atoms with E-state index in [2.05, 4.69) is 13.8 Å². The van der Waals surface area contributed by atoms with Crippen molar-refractivity contribution in [2.75, 3.05) is 12.4 Å². The minimum absolute atomic E-state index is 0. The van der Waals surface area contributed by atoms with Gasteiger partial charge in [-0.1, -0.05) is 110 Å². The van der Waals surface area contributed by atoms with Crippen LogP contribution in [-0.4, -0.2) is 50.3 Å². The summed E-state index contributed by atoms with van der Waals surface area (Å²) in [6.07, 6.45) is 21.0. The van der Waals surface area contributed by atoms with Gasteiger partial charge in [-0.2, -0.15) is 8.42 Å². The van der Waals surface area contributed by atoms with Crippen molar-refractivity contribution in [3.8, 4) is 0 Å². The van der Waals surface area contributed by atoms with Crippen LogP contribution in [-0.2, 0) is 14.3 Å². The molecule has 0 saturated carbocycles. The van der Waals surface area contributed by atoms with Crippen molar-refractivity contribution in [3.05, 3.63) is 0 Å². The summed E-state index contributed by atoms with van der Waals surface area (Å²) in [5.74, 6) is 0.180. The molecular formula is C21H45NaO3S. The predicted molar refractivity (Wildman–Crippen MR) is 117 cm³/mol. The molecule has 0 saturated heterocycles. The van der Waals surface area contributed by atoms with Gasteiger partial charge in [0, 0.05) is 0 Å². The number of hydrogen-bond acceptors (Lipinski definition) is 3. The Morgan fingerprint density at radius 2 is 0.885 bits per heavy atom. The van der Waals surface area contributed by atoms with Gasteiger partial charge in [-0.05, 0) is 12.8 Å². The topological polar surface area (TPSA) is 43.4 Å². The van der Waals surface area contributed by atoms with Crippen molar-refractivity contribution >= 4 is 39.7 Å². The summed E-state index contributed by atoms with van der Waals surface area (Å²) < 4.78 is 28.3. The molecule has 0 aromatic heterocycles. The Hall–Kier alpha value is 0.910. The van der Waals surface area contributed by atoms with Gasteiger partial charge in [0.15, 0.2) is 0 Å². The van der Waals surface area contributed by atoms with Crippen LogP contribution >= 0.6 is 0 Å². The van der Waals surface area contributed by atoms with Crippen LogP contribution < -0.4 is 0 Å². The molecule has 0 aliphatic rings. The van der Waals surface area contributed by atoms with Gasteiger partial charge in [0.05, 0.1) is 12.4 Å². The van der Waals surface area contributed by atoms with E-state index in [1.807, 2.05) is 0 Å². The summed E-state index contributed by atoms with van der Waals surface area (Å²) in [7, 11) is -3.27. The van der Waals surface area contributed by atoms with Crippen molar-refractivity contribution in [2.24, 2.45) is 0 Å². The second-order valence-electron chi connectivity index (χ2n) is 7.39. The fourth-order valence-electron chi connectivity index (χ4n) is 3.07. The molecule has 0 amide bonds. The molecule has 0 aromatic carbocycles. The molecule has 0 atom stereocenters. The Balaban J connectivity index is 0. The quantitative estimate of drug-likeness (QED) is 0.136. The molecule has 0 aliphatic heterocycles. The molecule has 0 radical (unpaired) electrons. The third kappa shape index (κ3) is 23.0. The zero-order chi connectivity index (χ0) is 18.6. The molecule has 0 bridgehead atoms. The molecule has 26 heavy (non-hydrogen) atoms. The van der Waals surface area contributed by atoms with Gasteiger partial charge in [0.2, 0.25) is 0 Å². The molecule has 0 aromatic rings. The molecule has 5 heteroatoms. The summed E-state index contributed by atoms with van der Waals surface area (Å²) in [6, 6.07) is 0. The SMILES string of the molecule is CCCCCCCCCCCCCCCCOS(=O)(=O)CCCCC.[NaH]. The summed E-state index contributed by atoms with van der Waals surface area (Å²) in [5, 5.41) is 0. The van der Waals surface area contributed by atoms with Gasteiger partial charge in [0.1, 0.15) is 0 Å². The van der Waals surface area contributed by atoms with Crippen LogP contribution in [0.4, 0.5) is 0 Å². The van der Waals surface area contributed by atoms with E-state index < -0.39 is 10.1 Å². The Morgan fingerprint density at radius 3 is 1.31 bits per heavy atom. The molecule has 0 spiro atoms. The van der Waals surface area contributed by atoms with Gasteiger partial charge in [-0.25, -0.2) is 0 Å². The standard InChI is InChI=1S/C21H44O3S.Na.H/c1-3-5-7-8-9-10-11-12-13-14-15-16-17-18-20-24-25(22,23)21-19-6-4-2;;/h3-21H2,1-2H3;;. The summed E-state index contributed by atoms with van der Waals surface area (Å²) >= 11 is 0. The molecule has 3 nitrogen and oxygen atoms in total. The van der Waals surface area contributed by atoms with Gasteiger partial charge < -0.3 is 0 Å². The molecule has 0 heterocycles. The van der Waals surface area contributed by atoms with E-state index >= 15 is 0 Å². The van der Waals surface area contributed by atoms with Crippen LogP contribution in [0.5, 0.6) is 0 Å².